The highest BCUT2D eigenvalue weighted by Crippen LogP contribution is 2.62. The smallest absolute Gasteiger partial charge is 0.230 e. The first-order valence-electron chi connectivity index (χ1n) is 20.3. The average Bonchev–Trinajstić information content (AvgIpc) is 4.03. The van der Waals surface area contributed by atoms with E-state index >= 15 is 0 Å². The third-order valence-electron chi connectivity index (χ3n) is 11.7. The SMILES string of the molecule is C=CCO[C@@]12Oc3ccc(OCCN4CC4)cc3[C@H]3[C@H](CCCCO)[C@@H](CCCCO)C=C(C(=NOC4CCCCO4)C[C@@H]1SCCc1ccncc1)[C@H]32. The molecule has 1 aromatic heterocycles. The molecule has 0 amide bonds. The molecule has 1 aromatic carbocycles. The van der Waals surface area contributed by atoms with E-state index in [0.29, 0.717) is 26.2 Å². The van der Waals surface area contributed by atoms with Gasteiger partial charge in [-0.25, -0.2) is 0 Å². The first-order chi connectivity index (χ1) is 26.6. The van der Waals surface area contributed by atoms with E-state index in [0.717, 1.165) is 118 Å². The Balaban J connectivity index is 1.33. The van der Waals surface area contributed by atoms with Crippen molar-refractivity contribution in [3.63, 3.8) is 0 Å². The van der Waals surface area contributed by atoms with Crippen molar-refractivity contribution >= 4 is 17.5 Å². The predicted molar refractivity (Wildman–Crippen MR) is 212 cm³/mol. The third-order valence-corrected chi connectivity index (χ3v) is 13.1. The zero-order valence-electron chi connectivity index (χ0n) is 31.7. The summed E-state index contributed by atoms with van der Waals surface area (Å²) in [5.41, 5.74) is 4.47. The van der Waals surface area contributed by atoms with E-state index in [2.05, 4.69) is 46.8 Å². The molecule has 2 N–H and O–H groups in total. The van der Waals surface area contributed by atoms with Crippen LogP contribution in [0.4, 0.5) is 0 Å². The molecule has 294 valence electrons. The Morgan fingerprint density at radius 3 is 2.65 bits per heavy atom. The molecule has 3 fully saturated rings. The summed E-state index contributed by atoms with van der Waals surface area (Å²) in [5.74, 6) is 1.91. The molecule has 1 unspecified atom stereocenters. The number of nitrogens with zero attached hydrogens (tertiary/aromatic N) is 3. The van der Waals surface area contributed by atoms with Crippen LogP contribution in [0.15, 0.2) is 72.2 Å². The van der Waals surface area contributed by atoms with Gasteiger partial charge in [0, 0.05) is 69.6 Å². The largest absolute Gasteiger partial charge is 0.492 e. The molecule has 2 saturated heterocycles. The highest BCUT2D eigenvalue weighted by molar-refractivity contribution is 8.00. The van der Waals surface area contributed by atoms with Crippen molar-refractivity contribution in [3.05, 3.63) is 78.2 Å². The van der Waals surface area contributed by atoms with Gasteiger partial charge in [-0.1, -0.05) is 30.1 Å². The highest BCUT2D eigenvalue weighted by atomic mass is 32.2. The molecule has 7 atom stereocenters. The van der Waals surface area contributed by atoms with Crippen LogP contribution in [0.2, 0.25) is 0 Å². The Bertz CT molecular complexity index is 1570. The van der Waals surface area contributed by atoms with Crippen LogP contribution in [0.1, 0.15) is 81.3 Å². The van der Waals surface area contributed by atoms with Gasteiger partial charge in [0.2, 0.25) is 12.1 Å². The molecule has 2 aliphatic carbocycles. The lowest BCUT2D eigenvalue weighted by Gasteiger charge is -2.58. The number of hydrogen-bond donors (Lipinski definition) is 2. The Kier molecular flexibility index (Phi) is 14.0. The van der Waals surface area contributed by atoms with Gasteiger partial charge in [0.1, 0.15) is 18.1 Å². The third kappa shape index (κ3) is 9.36. The number of rotatable bonds is 21. The maximum atomic E-state index is 9.90. The predicted octanol–water partition coefficient (Wildman–Crippen LogP) is 6.91. The summed E-state index contributed by atoms with van der Waals surface area (Å²) in [6.07, 6.45) is 17.3. The lowest BCUT2D eigenvalue weighted by atomic mass is 9.56. The van der Waals surface area contributed by atoms with Crippen LogP contribution < -0.4 is 9.47 Å². The van der Waals surface area contributed by atoms with Crippen LogP contribution in [0, 0.1) is 17.8 Å². The van der Waals surface area contributed by atoms with Gasteiger partial charge in [0.25, 0.3) is 0 Å². The van der Waals surface area contributed by atoms with Gasteiger partial charge in [-0.05, 0) is 104 Å². The standard InChI is InChI=1S/C43H59N3O7S/c1-2-24-51-43-39(54-27-16-31-14-17-44-18-15-31)30-37(45-53-40-11-5-8-25-50-40)35-28-32(9-3-6-22-47)34(10-4-7-23-48)41(42(35)43)36-29-33(12-13-38(36)52-43)49-26-21-46-19-20-46/h2,12-15,17-18,28-29,32,34,39-42,47-48H,1,3-11,16,19-27,30H2/t32-,34+,39-,40?,41+,42+,43+/m0/s1. The maximum absolute atomic E-state index is 9.90. The number of allylic oxidation sites excluding steroid dienone is 1. The minimum absolute atomic E-state index is 0.0341. The van der Waals surface area contributed by atoms with E-state index in [1.165, 1.54) is 5.56 Å². The van der Waals surface area contributed by atoms with Crippen molar-refractivity contribution < 1.29 is 34.0 Å². The van der Waals surface area contributed by atoms with Gasteiger partial charge in [0.05, 0.1) is 30.1 Å². The summed E-state index contributed by atoms with van der Waals surface area (Å²) in [7, 11) is 0. The van der Waals surface area contributed by atoms with E-state index in [-0.39, 0.29) is 48.4 Å². The number of fused-ring (bicyclic) bond motifs is 2. The first kappa shape index (κ1) is 39.3. The van der Waals surface area contributed by atoms with Crippen LogP contribution in [0.5, 0.6) is 11.5 Å². The summed E-state index contributed by atoms with van der Waals surface area (Å²) < 4.78 is 26.8. The second-order valence-corrected chi connectivity index (χ2v) is 16.6. The number of pyridine rings is 1. The lowest BCUT2D eigenvalue weighted by Crippen LogP contribution is -2.64. The minimum atomic E-state index is -0.992. The lowest BCUT2D eigenvalue weighted by molar-refractivity contribution is -0.223. The monoisotopic (exact) mass is 761 g/mol. The van der Waals surface area contributed by atoms with Gasteiger partial charge in [-0.2, -0.15) is 11.8 Å². The van der Waals surface area contributed by atoms with Crippen LogP contribution in [0.25, 0.3) is 0 Å². The number of hydrogen-bond acceptors (Lipinski definition) is 11. The number of benzene rings is 1. The van der Waals surface area contributed by atoms with Crippen LogP contribution in [-0.4, -0.2) is 102 Å². The molecular weight excluding hydrogens is 703 g/mol. The van der Waals surface area contributed by atoms with E-state index in [1.807, 2.05) is 36.3 Å². The first-order valence-corrected chi connectivity index (χ1v) is 21.4. The number of unbranched alkanes of at least 4 members (excludes halogenated alkanes) is 2. The average molecular weight is 762 g/mol. The van der Waals surface area contributed by atoms with E-state index in [1.54, 1.807) is 0 Å². The Hall–Kier alpha value is -2.93. The van der Waals surface area contributed by atoms with Gasteiger partial charge in [-0.3, -0.25) is 9.88 Å². The van der Waals surface area contributed by atoms with E-state index in [9.17, 15) is 10.2 Å². The second kappa shape index (κ2) is 19.3. The number of aliphatic hydroxyl groups is 2. The van der Waals surface area contributed by atoms with Gasteiger partial charge in [-0.15, -0.1) is 6.58 Å². The second-order valence-electron chi connectivity index (χ2n) is 15.3. The number of thioether (sulfide) groups is 1. The fourth-order valence-corrected chi connectivity index (χ4v) is 10.3. The Morgan fingerprint density at radius 1 is 1.06 bits per heavy atom. The normalized spacial score (nSPS) is 29.4. The van der Waals surface area contributed by atoms with Crippen LogP contribution in [0.3, 0.4) is 0 Å². The molecule has 4 heterocycles. The molecule has 0 spiro atoms. The number of aryl methyl sites for hydroxylation is 1. The van der Waals surface area contributed by atoms with E-state index < -0.39 is 5.79 Å². The molecule has 10 nitrogen and oxygen atoms in total. The summed E-state index contributed by atoms with van der Waals surface area (Å²) in [6.45, 7) is 9.29. The highest BCUT2D eigenvalue weighted by Gasteiger charge is 2.64. The molecule has 3 aliphatic heterocycles. The molecular formula is C43H59N3O7S. The quantitative estimate of drug-likeness (QED) is 0.0602. The molecule has 0 radical (unpaired) electrons. The zero-order chi connectivity index (χ0) is 37.2. The summed E-state index contributed by atoms with van der Waals surface area (Å²) >= 11 is 1.88. The van der Waals surface area contributed by atoms with Crippen LogP contribution >= 0.6 is 11.8 Å². The number of aliphatic hydroxyl groups excluding tert-OH is 2. The summed E-state index contributed by atoms with van der Waals surface area (Å²) in [4.78, 5) is 12.8. The number of aromatic nitrogens is 1. The molecule has 1 saturated carbocycles. The van der Waals surface area contributed by atoms with Crippen LogP contribution in [-0.2, 0) is 20.7 Å². The van der Waals surface area contributed by atoms with Crippen molar-refractivity contribution in [2.24, 2.45) is 22.9 Å². The minimum Gasteiger partial charge on any atom is -0.492 e. The van der Waals surface area contributed by atoms with Gasteiger partial charge in [0.15, 0.2) is 0 Å². The molecule has 7 rings (SSSR count). The van der Waals surface area contributed by atoms with E-state index in [4.69, 9.17) is 28.9 Å². The topological polar surface area (TPSA) is 115 Å². The van der Waals surface area contributed by atoms with Crippen molar-refractivity contribution in [2.75, 3.05) is 58.4 Å². The van der Waals surface area contributed by atoms with Crippen molar-refractivity contribution in [3.8, 4) is 11.5 Å². The molecule has 5 aliphatic rings. The maximum Gasteiger partial charge on any atom is 0.230 e. The van der Waals surface area contributed by atoms with Crippen molar-refractivity contribution in [2.45, 2.75) is 93.9 Å². The van der Waals surface area contributed by atoms with Gasteiger partial charge >= 0.3 is 0 Å². The molecule has 54 heavy (non-hydrogen) atoms. The van der Waals surface area contributed by atoms with Gasteiger partial charge < -0.3 is 34.0 Å². The molecule has 0 bridgehead atoms. The Morgan fingerprint density at radius 2 is 1.89 bits per heavy atom. The fourth-order valence-electron chi connectivity index (χ4n) is 8.94. The Labute approximate surface area is 325 Å². The van der Waals surface area contributed by atoms with Crippen molar-refractivity contribution in [1.82, 2.24) is 9.88 Å². The number of oxime groups is 1. The summed E-state index contributed by atoms with van der Waals surface area (Å²) in [5, 5.41) is 24.6. The molecule has 2 aromatic rings. The fraction of sp³-hybridized carbons (Fsp3) is 0.628. The summed E-state index contributed by atoms with van der Waals surface area (Å²) in [6, 6.07) is 10.5. The number of ether oxygens (including phenoxy) is 4. The zero-order valence-corrected chi connectivity index (χ0v) is 32.5. The van der Waals surface area contributed by atoms with Crippen molar-refractivity contribution in [1.29, 1.82) is 0 Å². The molecule has 11 heteroatoms.